The van der Waals surface area contributed by atoms with E-state index >= 15 is 0 Å². The van der Waals surface area contributed by atoms with E-state index in [0.717, 1.165) is 38.5 Å². The SMILES string of the molecule is CC(=O)OCC1(C)C(OC(C)=O)CCC2(C)C1CCC1(C)C2CC=C2C3CC(C)(C)CCC3(C(=O)O)C(OC(C)=O)CC21C. The summed E-state index contributed by atoms with van der Waals surface area (Å²) in [6.45, 7) is 18.2. The number of esters is 3. The van der Waals surface area contributed by atoms with Gasteiger partial charge in [-0.05, 0) is 91.3 Å². The lowest BCUT2D eigenvalue weighted by Crippen LogP contribution is -2.68. The molecule has 4 fully saturated rings. The van der Waals surface area contributed by atoms with E-state index in [1.807, 2.05) is 0 Å². The molecule has 10 atom stereocenters. The van der Waals surface area contributed by atoms with Gasteiger partial charge >= 0.3 is 23.9 Å². The minimum atomic E-state index is -1.12. The molecule has 8 heteroatoms. The van der Waals surface area contributed by atoms with Gasteiger partial charge < -0.3 is 19.3 Å². The second kappa shape index (κ2) is 10.6. The molecule has 1 N–H and O–H groups in total. The third-order valence-corrected chi connectivity index (χ3v) is 14.0. The van der Waals surface area contributed by atoms with Gasteiger partial charge in [0.2, 0.25) is 0 Å². The van der Waals surface area contributed by atoms with Gasteiger partial charge in [-0.2, -0.15) is 0 Å². The number of carboxylic acid groups (broad SMARTS) is 1. The Kier molecular flexibility index (Phi) is 7.94. The van der Waals surface area contributed by atoms with Crippen LogP contribution < -0.4 is 0 Å². The van der Waals surface area contributed by atoms with Crippen LogP contribution in [0.3, 0.4) is 0 Å². The Morgan fingerprint density at radius 3 is 2.02 bits per heavy atom. The lowest BCUT2D eigenvalue weighted by molar-refractivity contribution is -0.235. The number of hydrogen-bond donors (Lipinski definition) is 1. The zero-order chi connectivity index (χ0) is 32.7. The molecule has 8 nitrogen and oxygen atoms in total. The van der Waals surface area contributed by atoms with Crippen LogP contribution in [0.25, 0.3) is 0 Å². The average Bonchev–Trinajstić information content (AvgIpc) is 2.89. The highest BCUT2D eigenvalue weighted by Gasteiger charge is 2.72. The monoisotopic (exact) mass is 614 g/mol. The maximum Gasteiger partial charge on any atom is 0.314 e. The number of hydrogen-bond acceptors (Lipinski definition) is 7. The van der Waals surface area contributed by atoms with Crippen LogP contribution in [0.15, 0.2) is 11.6 Å². The predicted octanol–water partition coefficient (Wildman–Crippen LogP) is 6.89. The third kappa shape index (κ3) is 4.66. The predicted molar refractivity (Wildman–Crippen MR) is 164 cm³/mol. The van der Waals surface area contributed by atoms with Crippen LogP contribution in [-0.2, 0) is 33.4 Å². The lowest BCUT2D eigenvalue weighted by atomic mass is 9.33. The van der Waals surface area contributed by atoms with Crippen molar-refractivity contribution >= 4 is 23.9 Å². The first kappa shape index (κ1) is 33.0. The van der Waals surface area contributed by atoms with Crippen LogP contribution in [0.5, 0.6) is 0 Å². The molecule has 5 aliphatic carbocycles. The second-order valence-corrected chi connectivity index (χ2v) is 16.8. The van der Waals surface area contributed by atoms with Gasteiger partial charge in [-0.3, -0.25) is 19.2 Å². The van der Waals surface area contributed by atoms with E-state index in [4.69, 9.17) is 14.2 Å². The Labute approximate surface area is 263 Å². The number of ether oxygens (including phenoxy) is 3. The highest BCUT2D eigenvalue weighted by atomic mass is 16.6. The van der Waals surface area contributed by atoms with Crippen molar-refractivity contribution in [2.75, 3.05) is 6.61 Å². The second-order valence-electron chi connectivity index (χ2n) is 16.8. The van der Waals surface area contributed by atoms with Gasteiger partial charge in [-0.15, -0.1) is 0 Å². The summed E-state index contributed by atoms with van der Waals surface area (Å²) >= 11 is 0. The minimum absolute atomic E-state index is 0.0154. The molecule has 0 aliphatic heterocycles. The summed E-state index contributed by atoms with van der Waals surface area (Å²) in [6, 6.07) is 0. The Bertz CT molecular complexity index is 1270. The molecule has 0 spiro atoms. The van der Waals surface area contributed by atoms with E-state index in [0.29, 0.717) is 19.3 Å². The fourth-order valence-electron chi connectivity index (χ4n) is 11.7. The van der Waals surface area contributed by atoms with E-state index in [9.17, 15) is 24.3 Å². The van der Waals surface area contributed by atoms with E-state index in [-0.39, 0.29) is 64.1 Å². The first-order valence-electron chi connectivity index (χ1n) is 16.7. The molecule has 10 unspecified atom stereocenters. The summed E-state index contributed by atoms with van der Waals surface area (Å²) in [5.74, 6) is -1.71. The average molecular weight is 615 g/mol. The van der Waals surface area contributed by atoms with Crippen molar-refractivity contribution in [3.63, 3.8) is 0 Å². The summed E-state index contributed by atoms with van der Waals surface area (Å²) in [6.07, 6.45) is 8.08. The van der Waals surface area contributed by atoms with Crippen molar-refractivity contribution in [1.29, 1.82) is 0 Å². The lowest BCUT2D eigenvalue weighted by Gasteiger charge is -2.71. The molecule has 0 aromatic carbocycles. The molecule has 0 heterocycles. The van der Waals surface area contributed by atoms with Crippen molar-refractivity contribution in [3.05, 3.63) is 11.6 Å². The molecule has 5 rings (SSSR count). The van der Waals surface area contributed by atoms with Crippen molar-refractivity contribution in [1.82, 2.24) is 0 Å². The number of aliphatic carboxylic acids is 1. The topological polar surface area (TPSA) is 116 Å². The van der Waals surface area contributed by atoms with Gasteiger partial charge in [0.25, 0.3) is 0 Å². The third-order valence-electron chi connectivity index (χ3n) is 14.0. The first-order valence-corrected chi connectivity index (χ1v) is 16.7. The first-order chi connectivity index (χ1) is 20.3. The van der Waals surface area contributed by atoms with Crippen molar-refractivity contribution in [2.45, 2.75) is 132 Å². The standard InChI is InChI=1S/C36H54O8/c1-21(37)42-20-33(7)26-12-15-34(8)27(32(26,6)14-13-28(33)43-22(2)38)11-10-24-25-18-31(4,5)16-17-36(25,30(40)41)29(44-23(3)39)19-35(24,34)9/h10,25-29H,11-20H2,1-9H3,(H,40,41). The molecule has 0 saturated heterocycles. The van der Waals surface area contributed by atoms with Crippen LogP contribution >= 0.6 is 0 Å². The van der Waals surface area contributed by atoms with Crippen LogP contribution in [0, 0.1) is 50.2 Å². The van der Waals surface area contributed by atoms with Gasteiger partial charge in [-0.25, -0.2) is 0 Å². The smallest absolute Gasteiger partial charge is 0.314 e. The van der Waals surface area contributed by atoms with Gasteiger partial charge in [0, 0.05) is 32.1 Å². The van der Waals surface area contributed by atoms with E-state index in [1.54, 1.807) is 0 Å². The van der Waals surface area contributed by atoms with E-state index in [2.05, 4.69) is 47.6 Å². The Morgan fingerprint density at radius 1 is 0.795 bits per heavy atom. The molecule has 0 aromatic rings. The molecular formula is C36H54O8. The zero-order valence-electron chi connectivity index (χ0n) is 28.3. The minimum Gasteiger partial charge on any atom is -0.481 e. The summed E-state index contributed by atoms with van der Waals surface area (Å²) in [5.41, 5.74) is -1.08. The van der Waals surface area contributed by atoms with E-state index < -0.39 is 28.9 Å². The van der Waals surface area contributed by atoms with Gasteiger partial charge in [0.1, 0.15) is 24.2 Å². The zero-order valence-corrected chi connectivity index (χ0v) is 28.3. The van der Waals surface area contributed by atoms with Crippen LogP contribution in [0.4, 0.5) is 0 Å². The van der Waals surface area contributed by atoms with Crippen molar-refractivity contribution in [2.24, 2.45) is 50.2 Å². The number of allylic oxidation sites excluding steroid dienone is 2. The molecule has 4 saturated carbocycles. The summed E-state index contributed by atoms with van der Waals surface area (Å²) in [4.78, 5) is 50.0. The molecule has 0 amide bonds. The molecule has 0 radical (unpaired) electrons. The summed E-state index contributed by atoms with van der Waals surface area (Å²) in [7, 11) is 0. The van der Waals surface area contributed by atoms with Gasteiger partial charge in [0.15, 0.2) is 0 Å². The normalized spacial score (nSPS) is 45.7. The Balaban J connectivity index is 1.62. The highest BCUT2D eigenvalue weighted by Crippen LogP contribution is 2.76. The maximum absolute atomic E-state index is 13.3. The van der Waals surface area contributed by atoms with Gasteiger partial charge in [0.05, 0.1) is 0 Å². The Hall–Kier alpha value is -2.38. The summed E-state index contributed by atoms with van der Waals surface area (Å²) in [5, 5.41) is 10.9. The molecular weight excluding hydrogens is 560 g/mol. The Morgan fingerprint density at radius 2 is 1.43 bits per heavy atom. The molecule has 0 aromatic heterocycles. The number of rotatable bonds is 5. The molecule has 246 valence electrons. The van der Waals surface area contributed by atoms with Crippen LogP contribution in [-0.4, -0.2) is 47.8 Å². The van der Waals surface area contributed by atoms with E-state index in [1.165, 1.54) is 26.3 Å². The quantitative estimate of drug-likeness (QED) is 0.202. The molecule has 5 aliphatic rings. The van der Waals surface area contributed by atoms with Crippen molar-refractivity contribution < 1.29 is 38.5 Å². The molecule has 44 heavy (non-hydrogen) atoms. The van der Waals surface area contributed by atoms with Gasteiger partial charge in [-0.1, -0.05) is 53.2 Å². The maximum atomic E-state index is 13.3. The van der Waals surface area contributed by atoms with Crippen molar-refractivity contribution in [3.8, 4) is 0 Å². The largest absolute Gasteiger partial charge is 0.481 e. The number of fused-ring (bicyclic) bond motifs is 7. The summed E-state index contributed by atoms with van der Waals surface area (Å²) < 4.78 is 17.6. The number of carbonyl (C=O) groups is 4. The fraction of sp³-hybridized carbons (Fsp3) is 0.833. The molecule has 0 bridgehead atoms. The van der Waals surface area contributed by atoms with Crippen LogP contribution in [0.2, 0.25) is 0 Å². The fourth-order valence-corrected chi connectivity index (χ4v) is 11.7. The van der Waals surface area contributed by atoms with Crippen LogP contribution in [0.1, 0.15) is 120 Å². The number of carbonyl (C=O) groups excluding carboxylic acids is 3. The number of carboxylic acids is 1. The highest BCUT2D eigenvalue weighted by molar-refractivity contribution is 5.78.